The van der Waals surface area contributed by atoms with E-state index in [4.69, 9.17) is 10.3 Å². The fourth-order valence-corrected chi connectivity index (χ4v) is 1.97. The van der Waals surface area contributed by atoms with Crippen LogP contribution in [0.25, 0.3) is 10.7 Å². The van der Waals surface area contributed by atoms with Gasteiger partial charge in [-0.05, 0) is 12.3 Å². The summed E-state index contributed by atoms with van der Waals surface area (Å²) in [5.41, 5.74) is 7.69. The molecule has 0 fully saturated rings. The SMILES string of the molecule is CC(C)C[C@H](N)c1nc(-c2cncs2)no1. The maximum absolute atomic E-state index is 5.95. The molecule has 0 saturated carbocycles. The summed E-state index contributed by atoms with van der Waals surface area (Å²) in [4.78, 5) is 9.14. The minimum absolute atomic E-state index is 0.186. The predicted octanol–water partition coefficient (Wildman–Crippen LogP) is 2.24. The number of nitrogens with two attached hydrogens (primary N) is 1. The van der Waals surface area contributed by atoms with Crippen LogP contribution in [0, 0.1) is 5.92 Å². The van der Waals surface area contributed by atoms with E-state index in [0.717, 1.165) is 11.3 Å². The highest BCUT2D eigenvalue weighted by Gasteiger charge is 2.17. The summed E-state index contributed by atoms with van der Waals surface area (Å²) in [6.45, 7) is 4.22. The van der Waals surface area contributed by atoms with Crippen LogP contribution in [0.1, 0.15) is 32.2 Å². The summed E-state index contributed by atoms with van der Waals surface area (Å²) in [6, 6.07) is -0.186. The Hall–Kier alpha value is -1.27. The van der Waals surface area contributed by atoms with Crippen molar-refractivity contribution in [1.82, 2.24) is 15.1 Å². The first-order chi connectivity index (χ1) is 7.66. The third-order valence-electron chi connectivity index (χ3n) is 2.14. The molecular weight excluding hydrogens is 224 g/mol. The fourth-order valence-electron chi connectivity index (χ4n) is 1.42. The lowest BCUT2D eigenvalue weighted by Gasteiger charge is -2.08. The van der Waals surface area contributed by atoms with Gasteiger partial charge in [-0.3, -0.25) is 4.98 Å². The first-order valence-electron chi connectivity index (χ1n) is 5.15. The van der Waals surface area contributed by atoms with E-state index in [2.05, 4.69) is 29.0 Å². The highest BCUT2D eigenvalue weighted by atomic mass is 32.1. The molecule has 86 valence electrons. The van der Waals surface area contributed by atoms with Gasteiger partial charge in [0, 0.05) is 6.20 Å². The Morgan fingerprint density at radius 3 is 2.94 bits per heavy atom. The number of aromatic nitrogens is 3. The quantitative estimate of drug-likeness (QED) is 0.883. The van der Waals surface area contributed by atoms with Crippen molar-refractivity contribution in [2.75, 3.05) is 0 Å². The van der Waals surface area contributed by atoms with Gasteiger partial charge in [0.25, 0.3) is 0 Å². The summed E-state index contributed by atoms with van der Waals surface area (Å²) in [6.07, 6.45) is 2.55. The Kier molecular flexibility index (Phi) is 3.31. The van der Waals surface area contributed by atoms with Gasteiger partial charge in [0.2, 0.25) is 11.7 Å². The molecule has 0 aliphatic heterocycles. The Morgan fingerprint density at radius 2 is 2.31 bits per heavy atom. The van der Waals surface area contributed by atoms with E-state index in [1.165, 1.54) is 11.3 Å². The van der Waals surface area contributed by atoms with Crippen LogP contribution < -0.4 is 5.73 Å². The van der Waals surface area contributed by atoms with Crippen molar-refractivity contribution in [3.63, 3.8) is 0 Å². The van der Waals surface area contributed by atoms with Crippen molar-refractivity contribution in [1.29, 1.82) is 0 Å². The van der Waals surface area contributed by atoms with E-state index in [0.29, 0.717) is 17.6 Å². The molecule has 2 aromatic rings. The van der Waals surface area contributed by atoms with Crippen molar-refractivity contribution in [3.05, 3.63) is 17.6 Å². The van der Waals surface area contributed by atoms with Crippen LogP contribution in [-0.2, 0) is 0 Å². The molecule has 2 heterocycles. The molecule has 2 aromatic heterocycles. The zero-order valence-electron chi connectivity index (χ0n) is 9.25. The molecule has 0 saturated heterocycles. The fraction of sp³-hybridized carbons (Fsp3) is 0.500. The van der Waals surface area contributed by atoms with Gasteiger partial charge in [-0.2, -0.15) is 4.98 Å². The van der Waals surface area contributed by atoms with Crippen molar-refractivity contribution >= 4 is 11.3 Å². The van der Waals surface area contributed by atoms with Crippen LogP contribution in [0.4, 0.5) is 0 Å². The molecule has 6 heteroatoms. The molecular formula is C10H14N4OS. The monoisotopic (exact) mass is 238 g/mol. The minimum Gasteiger partial charge on any atom is -0.337 e. The smallest absolute Gasteiger partial charge is 0.243 e. The molecule has 0 unspecified atom stereocenters. The number of thiazole rings is 1. The second-order valence-corrected chi connectivity index (χ2v) is 4.94. The van der Waals surface area contributed by atoms with Gasteiger partial charge in [-0.25, -0.2) is 0 Å². The van der Waals surface area contributed by atoms with Crippen LogP contribution in [0.15, 0.2) is 16.2 Å². The van der Waals surface area contributed by atoms with E-state index in [-0.39, 0.29) is 6.04 Å². The lowest BCUT2D eigenvalue weighted by Crippen LogP contribution is -2.13. The van der Waals surface area contributed by atoms with Gasteiger partial charge in [0.1, 0.15) is 0 Å². The largest absolute Gasteiger partial charge is 0.337 e. The molecule has 0 spiro atoms. The summed E-state index contributed by atoms with van der Waals surface area (Å²) in [7, 11) is 0. The van der Waals surface area contributed by atoms with E-state index in [1.54, 1.807) is 11.7 Å². The van der Waals surface area contributed by atoms with Crippen molar-refractivity contribution < 1.29 is 4.52 Å². The van der Waals surface area contributed by atoms with E-state index >= 15 is 0 Å². The lowest BCUT2D eigenvalue weighted by atomic mass is 10.0. The number of hydrogen-bond acceptors (Lipinski definition) is 6. The zero-order chi connectivity index (χ0) is 11.5. The Bertz CT molecular complexity index is 437. The second kappa shape index (κ2) is 4.71. The maximum Gasteiger partial charge on any atom is 0.243 e. The summed E-state index contributed by atoms with van der Waals surface area (Å²) in [5, 5.41) is 3.89. The van der Waals surface area contributed by atoms with Crippen LogP contribution in [-0.4, -0.2) is 15.1 Å². The second-order valence-electron chi connectivity index (χ2n) is 4.06. The molecule has 0 aliphatic rings. The average Bonchev–Trinajstić information content (AvgIpc) is 2.87. The topological polar surface area (TPSA) is 77.8 Å². The summed E-state index contributed by atoms with van der Waals surface area (Å²) >= 11 is 1.48. The average molecular weight is 238 g/mol. The molecule has 16 heavy (non-hydrogen) atoms. The first kappa shape index (κ1) is 11.2. The molecule has 1 atom stereocenters. The van der Waals surface area contributed by atoms with Gasteiger partial charge >= 0.3 is 0 Å². The maximum atomic E-state index is 5.95. The predicted molar refractivity (Wildman–Crippen MR) is 61.8 cm³/mol. The highest BCUT2D eigenvalue weighted by molar-refractivity contribution is 7.13. The van der Waals surface area contributed by atoms with Gasteiger partial charge in [0.15, 0.2) is 0 Å². The number of hydrogen-bond donors (Lipinski definition) is 1. The molecule has 5 nitrogen and oxygen atoms in total. The standard InChI is InChI=1S/C10H14N4OS/c1-6(2)3-7(11)10-13-9(14-15-10)8-4-12-5-16-8/h4-7H,3,11H2,1-2H3/t7-/m0/s1. The summed E-state index contributed by atoms with van der Waals surface area (Å²) in [5.74, 6) is 1.57. The number of rotatable bonds is 4. The molecule has 0 bridgehead atoms. The van der Waals surface area contributed by atoms with Gasteiger partial charge < -0.3 is 10.3 Å². The Labute approximate surface area is 97.7 Å². The van der Waals surface area contributed by atoms with E-state index in [9.17, 15) is 0 Å². The van der Waals surface area contributed by atoms with E-state index < -0.39 is 0 Å². The lowest BCUT2D eigenvalue weighted by molar-refractivity contribution is 0.335. The Balaban J connectivity index is 2.13. The van der Waals surface area contributed by atoms with Crippen molar-refractivity contribution in [2.24, 2.45) is 11.7 Å². The molecule has 0 aliphatic carbocycles. The highest BCUT2D eigenvalue weighted by Crippen LogP contribution is 2.23. The van der Waals surface area contributed by atoms with Crippen LogP contribution in [0.5, 0.6) is 0 Å². The molecule has 0 radical (unpaired) electrons. The van der Waals surface area contributed by atoms with Gasteiger partial charge in [-0.1, -0.05) is 19.0 Å². The zero-order valence-corrected chi connectivity index (χ0v) is 10.1. The first-order valence-corrected chi connectivity index (χ1v) is 6.03. The van der Waals surface area contributed by atoms with Gasteiger partial charge in [-0.15, -0.1) is 11.3 Å². The van der Waals surface area contributed by atoms with Crippen LogP contribution in [0.2, 0.25) is 0 Å². The molecule has 2 rings (SSSR count). The van der Waals surface area contributed by atoms with Crippen molar-refractivity contribution in [3.8, 4) is 10.7 Å². The normalized spacial score (nSPS) is 13.2. The minimum atomic E-state index is -0.186. The van der Waals surface area contributed by atoms with Gasteiger partial charge in [0.05, 0.1) is 16.4 Å². The molecule has 0 amide bonds. The van der Waals surface area contributed by atoms with Crippen LogP contribution >= 0.6 is 11.3 Å². The molecule has 0 aromatic carbocycles. The third-order valence-corrected chi connectivity index (χ3v) is 2.91. The van der Waals surface area contributed by atoms with Crippen LogP contribution in [0.3, 0.4) is 0 Å². The van der Waals surface area contributed by atoms with Crippen molar-refractivity contribution in [2.45, 2.75) is 26.3 Å². The Morgan fingerprint density at radius 1 is 1.50 bits per heavy atom. The summed E-state index contributed by atoms with van der Waals surface area (Å²) < 4.78 is 5.14. The third kappa shape index (κ3) is 2.45. The molecule has 2 N–H and O–H groups in total. The number of nitrogens with zero attached hydrogens (tertiary/aromatic N) is 3. The van der Waals surface area contributed by atoms with E-state index in [1.807, 2.05) is 0 Å².